The van der Waals surface area contributed by atoms with Gasteiger partial charge in [0, 0.05) is 32.5 Å². The van der Waals surface area contributed by atoms with Crippen molar-refractivity contribution in [3.05, 3.63) is 36.1 Å². The van der Waals surface area contributed by atoms with Crippen LogP contribution in [-0.2, 0) is 11.2 Å². The smallest absolute Gasteiger partial charge is 0.187 e. The second-order valence-corrected chi connectivity index (χ2v) is 5.05. The molecule has 0 bridgehead atoms. The zero-order valence-corrected chi connectivity index (χ0v) is 12.1. The van der Waals surface area contributed by atoms with Crippen molar-refractivity contribution in [2.45, 2.75) is 31.9 Å². The third-order valence-electron chi connectivity index (χ3n) is 3.88. The molecular formula is C14H18FN5O. The number of halogens is 1. The van der Waals surface area contributed by atoms with Gasteiger partial charge in [-0.25, -0.2) is 19.3 Å². The van der Waals surface area contributed by atoms with E-state index in [2.05, 4.69) is 19.9 Å². The number of H-pyrrole nitrogens is 1. The van der Waals surface area contributed by atoms with Crippen molar-refractivity contribution in [2.75, 3.05) is 18.6 Å². The molecule has 0 saturated carbocycles. The van der Waals surface area contributed by atoms with Gasteiger partial charge in [-0.2, -0.15) is 0 Å². The van der Waals surface area contributed by atoms with Gasteiger partial charge in [-0.3, -0.25) is 0 Å². The third-order valence-corrected chi connectivity index (χ3v) is 3.88. The van der Waals surface area contributed by atoms with Gasteiger partial charge in [0.05, 0.1) is 17.8 Å². The zero-order valence-electron chi connectivity index (χ0n) is 12.1. The van der Waals surface area contributed by atoms with E-state index in [9.17, 15) is 4.39 Å². The lowest BCUT2D eigenvalue weighted by Gasteiger charge is -2.24. The summed E-state index contributed by atoms with van der Waals surface area (Å²) in [6.45, 7) is 2.46. The second kappa shape index (κ2) is 5.77. The van der Waals surface area contributed by atoms with Crippen LogP contribution in [0.1, 0.15) is 30.9 Å². The van der Waals surface area contributed by atoms with Crippen LogP contribution in [0.25, 0.3) is 0 Å². The quantitative estimate of drug-likeness (QED) is 0.931. The fourth-order valence-corrected chi connectivity index (χ4v) is 2.76. The van der Waals surface area contributed by atoms with Crippen molar-refractivity contribution in [1.82, 2.24) is 19.9 Å². The topological polar surface area (TPSA) is 66.9 Å². The van der Waals surface area contributed by atoms with Gasteiger partial charge in [-0.15, -0.1) is 0 Å². The van der Waals surface area contributed by atoms with E-state index in [0.29, 0.717) is 24.5 Å². The van der Waals surface area contributed by atoms with Crippen molar-refractivity contribution >= 4 is 5.82 Å². The molecule has 0 aliphatic carbocycles. The number of aryl methyl sites for hydroxylation is 1. The number of nitrogens with zero attached hydrogens (tertiary/aromatic N) is 4. The minimum Gasteiger partial charge on any atom is -0.380 e. The normalized spacial score (nSPS) is 22.0. The fourth-order valence-electron chi connectivity index (χ4n) is 2.76. The van der Waals surface area contributed by atoms with Crippen LogP contribution in [-0.4, -0.2) is 39.7 Å². The van der Waals surface area contributed by atoms with Gasteiger partial charge >= 0.3 is 0 Å². The minimum atomic E-state index is -0.353. The Morgan fingerprint density at radius 2 is 2.29 bits per heavy atom. The Balaban J connectivity index is 1.98. The highest BCUT2D eigenvalue weighted by atomic mass is 19.1. The molecule has 2 atom stereocenters. The third kappa shape index (κ3) is 2.49. The number of hydrogen-bond donors (Lipinski definition) is 1. The van der Waals surface area contributed by atoms with E-state index < -0.39 is 0 Å². The lowest BCUT2D eigenvalue weighted by atomic mass is 10.2. The Morgan fingerprint density at radius 3 is 2.95 bits per heavy atom. The summed E-state index contributed by atoms with van der Waals surface area (Å²) < 4.78 is 20.0. The first kappa shape index (κ1) is 13.9. The van der Waals surface area contributed by atoms with Gasteiger partial charge in [0.2, 0.25) is 0 Å². The monoisotopic (exact) mass is 291 g/mol. The van der Waals surface area contributed by atoms with Crippen LogP contribution in [0.5, 0.6) is 0 Å². The van der Waals surface area contributed by atoms with Crippen LogP contribution < -0.4 is 4.90 Å². The number of anilines is 1. The first-order chi connectivity index (χ1) is 10.2. The van der Waals surface area contributed by atoms with Gasteiger partial charge in [0.15, 0.2) is 11.6 Å². The van der Waals surface area contributed by atoms with E-state index in [0.717, 1.165) is 12.2 Å². The maximum absolute atomic E-state index is 14.5. The van der Waals surface area contributed by atoms with Gasteiger partial charge in [-0.05, 0) is 6.42 Å². The van der Waals surface area contributed by atoms with E-state index in [1.54, 1.807) is 19.5 Å². The average Bonchev–Trinajstić information content (AvgIpc) is 3.16. The number of hydrogen-bond acceptors (Lipinski definition) is 5. The van der Waals surface area contributed by atoms with E-state index >= 15 is 0 Å². The summed E-state index contributed by atoms with van der Waals surface area (Å²) in [7, 11) is 1.67. The van der Waals surface area contributed by atoms with Crippen LogP contribution in [0.3, 0.4) is 0 Å². The Labute approximate surface area is 122 Å². The van der Waals surface area contributed by atoms with Crippen molar-refractivity contribution in [3.8, 4) is 0 Å². The lowest BCUT2D eigenvalue weighted by molar-refractivity contribution is 0.118. The Kier molecular flexibility index (Phi) is 3.83. The molecule has 1 aliphatic rings. The summed E-state index contributed by atoms with van der Waals surface area (Å²) in [6.07, 6.45) is 6.18. The summed E-state index contributed by atoms with van der Waals surface area (Å²) in [4.78, 5) is 17.4. The fraction of sp³-hybridized carbons (Fsp3) is 0.500. The molecule has 0 radical (unpaired) electrons. The average molecular weight is 291 g/mol. The van der Waals surface area contributed by atoms with Crippen molar-refractivity contribution in [1.29, 1.82) is 0 Å². The molecule has 0 spiro atoms. The molecule has 0 aromatic carbocycles. The Morgan fingerprint density at radius 1 is 1.43 bits per heavy atom. The van der Waals surface area contributed by atoms with Crippen LogP contribution >= 0.6 is 0 Å². The van der Waals surface area contributed by atoms with E-state index in [-0.39, 0.29) is 18.0 Å². The molecule has 2 aromatic rings. The maximum Gasteiger partial charge on any atom is 0.187 e. The van der Waals surface area contributed by atoms with Crippen LogP contribution in [0.2, 0.25) is 0 Å². The predicted molar refractivity (Wildman–Crippen MR) is 75.5 cm³/mol. The second-order valence-electron chi connectivity index (χ2n) is 5.05. The number of aromatic amines is 1. The molecule has 21 heavy (non-hydrogen) atoms. The van der Waals surface area contributed by atoms with Gasteiger partial charge in [-0.1, -0.05) is 6.92 Å². The molecule has 1 N–H and O–H groups in total. The minimum absolute atomic E-state index is 0.0274. The van der Waals surface area contributed by atoms with Crippen molar-refractivity contribution in [2.24, 2.45) is 0 Å². The zero-order chi connectivity index (χ0) is 14.8. The summed E-state index contributed by atoms with van der Waals surface area (Å²) in [6, 6.07) is -0.0703. The molecule has 1 fully saturated rings. The summed E-state index contributed by atoms with van der Waals surface area (Å²) in [5, 5.41) is 0. The summed E-state index contributed by atoms with van der Waals surface area (Å²) in [5.41, 5.74) is 0.430. The standard InChI is InChI=1S/C14H18FN5O/c1-3-10-12(15)14(19-8-18-10)20-7-9(21-2)6-11(20)13-16-4-5-17-13/h4-5,8-9,11H,3,6-7H2,1-2H3,(H,16,17)/t9-,11?/m1/s1. The first-order valence-electron chi connectivity index (χ1n) is 7.02. The molecule has 0 amide bonds. The summed E-state index contributed by atoms with van der Waals surface area (Å²) in [5.74, 6) is 0.765. The number of imidazole rings is 1. The van der Waals surface area contributed by atoms with E-state index in [1.165, 1.54) is 6.33 Å². The molecule has 1 saturated heterocycles. The number of ether oxygens (including phenoxy) is 1. The van der Waals surface area contributed by atoms with Gasteiger partial charge < -0.3 is 14.6 Å². The van der Waals surface area contributed by atoms with Gasteiger partial charge in [0.25, 0.3) is 0 Å². The van der Waals surface area contributed by atoms with Crippen molar-refractivity contribution in [3.63, 3.8) is 0 Å². The highest BCUT2D eigenvalue weighted by molar-refractivity contribution is 5.45. The molecule has 1 unspecified atom stereocenters. The number of rotatable bonds is 4. The molecule has 2 aromatic heterocycles. The number of nitrogens with one attached hydrogen (secondary N) is 1. The Bertz CT molecular complexity index is 603. The predicted octanol–water partition coefficient (Wildman–Crippen LogP) is 1.87. The van der Waals surface area contributed by atoms with Crippen LogP contribution in [0, 0.1) is 5.82 Å². The highest BCUT2D eigenvalue weighted by Crippen LogP contribution is 2.36. The molecule has 6 nitrogen and oxygen atoms in total. The largest absolute Gasteiger partial charge is 0.380 e. The lowest BCUT2D eigenvalue weighted by Crippen LogP contribution is -2.27. The first-order valence-corrected chi connectivity index (χ1v) is 7.02. The van der Waals surface area contributed by atoms with E-state index in [4.69, 9.17) is 4.74 Å². The van der Waals surface area contributed by atoms with Crippen LogP contribution in [0.15, 0.2) is 18.7 Å². The van der Waals surface area contributed by atoms with Crippen molar-refractivity contribution < 1.29 is 9.13 Å². The summed E-state index contributed by atoms with van der Waals surface area (Å²) >= 11 is 0. The molecule has 3 heterocycles. The highest BCUT2D eigenvalue weighted by Gasteiger charge is 2.37. The van der Waals surface area contributed by atoms with Crippen LogP contribution in [0.4, 0.5) is 10.2 Å². The molecule has 7 heteroatoms. The molecular weight excluding hydrogens is 273 g/mol. The molecule has 112 valence electrons. The number of methoxy groups -OCH3 is 1. The SMILES string of the molecule is CCc1ncnc(N2C[C@H](OC)CC2c2ncc[nH]2)c1F. The molecule has 1 aliphatic heterocycles. The maximum atomic E-state index is 14.5. The number of aromatic nitrogens is 4. The Hall–Kier alpha value is -2.02. The molecule has 3 rings (SSSR count). The van der Waals surface area contributed by atoms with Gasteiger partial charge in [0.1, 0.15) is 12.2 Å². The van der Waals surface area contributed by atoms with E-state index in [1.807, 2.05) is 11.8 Å².